The molecule has 0 aliphatic rings. The summed E-state index contributed by atoms with van der Waals surface area (Å²) in [4.78, 5) is 10.9. The predicted molar refractivity (Wildman–Crippen MR) is 38.5 cm³/mol. The lowest BCUT2D eigenvalue weighted by atomic mass is 10.6. The van der Waals surface area contributed by atoms with Crippen molar-refractivity contribution in [3.63, 3.8) is 0 Å². The molecule has 8 heteroatoms. The Labute approximate surface area is 75.5 Å². The molecular weight excluding hydrogens is 211 g/mol. The largest absolute Gasteiger partial charge is 0.406 e. The summed E-state index contributed by atoms with van der Waals surface area (Å²) < 4.78 is 36.7. The second-order valence-electron chi connectivity index (χ2n) is 2.38. The Hall–Kier alpha value is -0.980. The molecule has 0 atom stereocenters. The first-order valence-corrected chi connectivity index (χ1v) is 3.55. The summed E-state index contributed by atoms with van der Waals surface area (Å²) >= 11 is 5.29. The Kier molecular flexibility index (Phi) is 2.38. The highest BCUT2D eigenvalue weighted by Gasteiger charge is 2.30. The van der Waals surface area contributed by atoms with Crippen molar-refractivity contribution in [3.8, 4) is 0 Å². The number of halogens is 4. The molecule has 0 unspecified atom stereocenters. The molecule has 0 aromatic carbocycles. The van der Waals surface area contributed by atoms with E-state index in [0.717, 1.165) is 4.68 Å². The van der Waals surface area contributed by atoms with Gasteiger partial charge in [0.2, 0.25) is 5.28 Å². The Morgan fingerprint density at radius 3 is 2.38 bits per heavy atom. The topological polar surface area (TPSA) is 39.8 Å². The van der Waals surface area contributed by atoms with Crippen molar-refractivity contribution in [3.05, 3.63) is 15.8 Å². The van der Waals surface area contributed by atoms with Crippen LogP contribution in [0.5, 0.6) is 0 Å². The van der Waals surface area contributed by atoms with Crippen molar-refractivity contribution >= 4 is 11.6 Å². The fourth-order valence-electron chi connectivity index (χ4n) is 0.786. The van der Waals surface area contributed by atoms with Gasteiger partial charge in [0.15, 0.2) is 0 Å². The quantitative estimate of drug-likeness (QED) is 0.695. The zero-order valence-electron chi connectivity index (χ0n) is 6.47. The van der Waals surface area contributed by atoms with E-state index < -0.39 is 23.7 Å². The summed E-state index contributed by atoms with van der Waals surface area (Å²) in [5.74, 6) is 0. The van der Waals surface area contributed by atoms with Crippen LogP contribution < -0.4 is 5.69 Å². The van der Waals surface area contributed by atoms with Crippen molar-refractivity contribution in [1.82, 2.24) is 14.3 Å². The van der Waals surface area contributed by atoms with E-state index >= 15 is 0 Å². The minimum absolute atomic E-state index is 0.349. The molecule has 1 rings (SSSR count). The molecule has 0 saturated carbocycles. The van der Waals surface area contributed by atoms with Gasteiger partial charge in [-0.25, -0.2) is 9.48 Å². The fourth-order valence-corrected chi connectivity index (χ4v) is 1.03. The molecule has 0 amide bonds. The third kappa shape index (κ3) is 2.24. The lowest BCUT2D eigenvalue weighted by Crippen LogP contribution is -2.29. The average molecular weight is 216 g/mol. The van der Waals surface area contributed by atoms with Crippen LogP contribution in [0.1, 0.15) is 0 Å². The molecule has 0 bridgehead atoms. The van der Waals surface area contributed by atoms with Crippen LogP contribution in [0.4, 0.5) is 13.2 Å². The summed E-state index contributed by atoms with van der Waals surface area (Å²) in [5.41, 5.74) is -0.887. The number of aromatic nitrogens is 3. The van der Waals surface area contributed by atoms with E-state index in [0.29, 0.717) is 4.57 Å². The molecule has 0 N–H and O–H groups in total. The van der Waals surface area contributed by atoms with E-state index in [1.807, 2.05) is 0 Å². The first-order chi connectivity index (χ1) is 5.81. The molecule has 1 aromatic heterocycles. The van der Waals surface area contributed by atoms with Crippen molar-refractivity contribution in [2.24, 2.45) is 7.05 Å². The lowest BCUT2D eigenvalue weighted by Gasteiger charge is -2.05. The number of rotatable bonds is 1. The van der Waals surface area contributed by atoms with Crippen LogP contribution in [-0.2, 0) is 13.6 Å². The van der Waals surface area contributed by atoms with Crippen LogP contribution in [0.25, 0.3) is 0 Å². The summed E-state index contributed by atoms with van der Waals surface area (Å²) in [6.45, 7) is -1.42. The molecule has 0 aliphatic heterocycles. The summed E-state index contributed by atoms with van der Waals surface area (Å²) in [5, 5.41) is 2.86. The first-order valence-electron chi connectivity index (χ1n) is 3.17. The normalized spacial score (nSPS) is 12.1. The molecule has 0 aliphatic carbocycles. The highest BCUT2D eigenvalue weighted by molar-refractivity contribution is 6.28. The van der Waals surface area contributed by atoms with Gasteiger partial charge in [0.05, 0.1) is 0 Å². The summed E-state index contributed by atoms with van der Waals surface area (Å²) in [6, 6.07) is 0. The second kappa shape index (κ2) is 3.06. The monoisotopic (exact) mass is 215 g/mol. The number of hydrogen-bond donors (Lipinski definition) is 0. The Bertz CT molecular complexity index is 366. The van der Waals surface area contributed by atoms with Crippen LogP contribution in [0.2, 0.25) is 5.28 Å². The van der Waals surface area contributed by atoms with E-state index in [2.05, 4.69) is 5.10 Å². The third-order valence-corrected chi connectivity index (χ3v) is 1.58. The second-order valence-corrected chi connectivity index (χ2v) is 2.71. The van der Waals surface area contributed by atoms with Gasteiger partial charge in [-0.2, -0.15) is 13.2 Å². The molecule has 1 heterocycles. The van der Waals surface area contributed by atoms with E-state index in [9.17, 15) is 18.0 Å². The maximum absolute atomic E-state index is 11.9. The Balaban J connectivity index is 3.09. The average Bonchev–Trinajstić information content (AvgIpc) is 2.14. The summed E-state index contributed by atoms with van der Waals surface area (Å²) in [6.07, 6.45) is -4.48. The van der Waals surface area contributed by atoms with Gasteiger partial charge in [0.1, 0.15) is 6.54 Å². The smallest absolute Gasteiger partial charge is 0.257 e. The molecule has 13 heavy (non-hydrogen) atoms. The summed E-state index contributed by atoms with van der Waals surface area (Å²) in [7, 11) is 1.22. The minimum atomic E-state index is -4.48. The third-order valence-electron chi connectivity index (χ3n) is 1.30. The van der Waals surface area contributed by atoms with Crippen LogP contribution in [0.15, 0.2) is 4.79 Å². The molecule has 0 radical (unpaired) electrons. The van der Waals surface area contributed by atoms with Crippen LogP contribution >= 0.6 is 11.6 Å². The molecule has 1 aromatic rings. The van der Waals surface area contributed by atoms with Crippen molar-refractivity contribution in [2.75, 3.05) is 0 Å². The van der Waals surface area contributed by atoms with Crippen molar-refractivity contribution < 1.29 is 13.2 Å². The predicted octanol–water partition coefficient (Wildman–Crippen LogP) is 0.797. The van der Waals surface area contributed by atoms with Gasteiger partial charge in [-0.1, -0.05) is 0 Å². The molecule has 4 nitrogen and oxygen atoms in total. The van der Waals surface area contributed by atoms with Crippen LogP contribution in [-0.4, -0.2) is 20.5 Å². The lowest BCUT2D eigenvalue weighted by molar-refractivity contribution is -0.141. The van der Waals surface area contributed by atoms with Gasteiger partial charge in [-0.15, -0.1) is 5.10 Å². The highest BCUT2D eigenvalue weighted by Crippen LogP contribution is 2.18. The van der Waals surface area contributed by atoms with E-state index in [1.54, 1.807) is 0 Å². The van der Waals surface area contributed by atoms with Crippen molar-refractivity contribution in [1.29, 1.82) is 0 Å². The van der Waals surface area contributed by atoms with E-state index in [-0.39, 0.29) is 0 Å². The van der Waals surface area contributed by atoms with Crippen molar-refractivity contribution in [2.45, 2.75) is 12.7 Å². The highest BCUT2D eigenvalue weighted by atomic mass is 35.5. The van der Waals surface area contributed by atoms with Gasteiger partial charge in [-0.05, 0) is 11.6 Å². The zero-order chi connectivity index (χ0) is 10.2. The van der Waals surface area contributed by atoms with Gasteiger partial charge < -0.3 is 0 Å². The molecular formula is C5H5ClF3N3O. The number of nitrogens with zero attached hydrogens (tertiary/aromatic N) is 3. The SMILES string of the molecule is Cn1nc(Cl)n(CC(F)(F)F)c1=O. The molecule has 0 fully saturated rings. The molecule has 74 valence electrons. The van der Waals surface area contributed by atoms with Gasteiger partial charge in [0, 0.05) is 7.05 Å². The van der Waals surface area contributed by atoms with E-state index in [4.69, 9.17) is 11.6 Å². The van der Waals surface area contributed by atoms with Gasteiger partial charge in [-0.3, -0.25) is 4.57 Å². The maximum Gasteiger partial charge on any atom is 0.406 e. The standard InChI is InChI=1S/C5H5ClF3N3O/c1-11-4(13)12(3(6)10-11)2-5(7,8)9/h2H2,1H3. The fraction of sp³-hybridized carbons (Fsp3) is 0.600. The number of aryl methyl sites for hydroxylation is 1. The van der Waals surface area contributed by atoms with E-state index in [1.165, 1.54) is 7.05 Å². The van der Waals surface area contributed by atoms with Crippen LogP contribution in [0.3, 0.4) is 0 Å². The van der Waals surface area contributed by atoms with Gasteiger partial charge >= 0.3 is 11.9 Å². The zero-order valence-corrected chi connectivity index (χ0v) is 7.22. The Morgan fingerprint density at radius 1 is 1.54 bits per heavy atom. The molecule has 0 spiro atoms. The first kappa shape index (κ1) is 10.1. The van der Waals surface area contributed by atoms with Gasteiger partial charge in [0.25, 0.3) is 0 Å². The van der Waals surface area contributed by atoms with Crippen LogP contribution in [0, 0.1) is 0 Å². The molecule has 0 saturated heterocycles. The minimum Gasteiger partial charge on any atom is -0.257 e. The Morgan fingerprint density at radius 2 is 2.08 bits per heavy atom. The maximum atomic E-state index is 11.9. The number of hydrogen-bond acceptors (Lipinski definition) is 2. The number of alkyl halides is 3.